The lowest BCUT2D eigenvalue weighted by atomic mass is 10.0. The van der Waals surface area contributed by atoms with Gasteiger partial charge in [-0.2, -0.15) is 4.98 Å². The van der Waals surface area contributed by atoms with E-state index >= 15 is 0 Å². The van der Waals surface area contributed by atoms with Gasteiger partial charge in [0.25, 0.3) is 5.56 Å². The van der Waals surface area contributed by atoms with Gasteiger partial charge in [-0.05, 0) is 54.3 Å². The average molecular weight is 623 g/mol. The number of nitrogens with zero attached hydrogens (tertiary/aromatic N) is 4. The molecule has 0 unspecified atom stereocenters. The molecule has 46 heavy (non-hydrogen) atoms. The molecule has 6 aromatic rings. The minimum Gasteiger partial charge on any atom is -0.394 e. The van der Waals surface area contributed by atoms with E-state index in [9.17, 15) is 28.6 Å². The maximum Gasteiger partial charge on any atom is 0.256 e. The molecule has 12 heteroatoms. The van der Waals surface area contributed by atoms with E-state index in [1.54, 1.807) is 24.4 Å². The quantitative estimate of drug-likeness (QED) is 0.184. The van der Waals surface area contributed by atoms with Crippen molar-refractivity contribution in [3.8, 4) is 16.9 Å². The largest absolute Gasteiger partial charge is 0.394 e. The summed E-state index contributed by atoms with van der Waals surface area (Å²) in [4.78, 5) is 39.6. The van der Waals surface area contributed by atoms with Crippen molar-refractivity contribution in [2.24, 2.45) is 0 Å². The van der Waals surface area contributed by atoms with E-state index < -0.39 is 42.1 Å². The van der Waals surface area contributed by atoms with E-state index in [1.807, 2.05) is 37.3 Å². The summed E-state index contributed by atoms with van der Waals surface area (Å²) in [7, 11) is 0. The first-order chi connectivity index (χ1) is 22.2. The summed E-state index contributed by atoms with van der Waals surface area (Å²) in [6.07, 6.45) is 1.75. The molecular weight excluding hydrogens is 594 g/mol. The smallest absolute Gasteiger partial charge is 0.256 e. The molecule has 0 atom stereocenters. The second-order valence-electron chi connectivity index (χ2n) is 10.7. The topological polar surface area (TPSA) is 142 Å². The number of aromatic nitrogens is 4. The number of para-hydroxylation sites is 1. The summed E-state index contributed by atoms with van der Waals surface area (Å²) in [5.74, 6) is -2.36. The van der Waals surface area contributed by atoms with E-state index in [4.69, 9.17) is 0 Å². The van der Waals surface area contributed by atoms with Gasteiger partial charge in [0.2, 0.25) is 11.9 Å². The molecular formula is C34H28F2N6O4. The van der Waals surface area contributed by atoms with E-state index in [0.29, 0.717) is 16.9 Å². The first-order valence-corrected chi connectivity index (χ1v) is 14.4. The number of rotatable bonds is 9. The first kappa shape index (κ1) is 30.4. The van der Waals surface area contributed by atoms with Gasteiger partial charge in [0.05, 0.1) is 37.1 Å². The van der Waals surface area contributed by atoms with Crippen molar-refractivity contribution >= 4 is 39.3 Å². The van der Waals surface area contributed by atoms with Crippen LogP contribution in [0.15, 0.2) is 89.9 Å². The van der Waals surface area contributed by atoms with Crippen LogP contribution in [-0.2, 0) is 11.2 Å². The maximum atomic E-state index is 15.0. The molecule has 3 heterocycles. The number of carbonyl (C=O) groups excluding carboxylic acids is 1. The molecule has 10 nitrogen and oxygen atoms in total. The van der Waals surface area contributed by atoms with Crippen molar-refractivity contribution in [3.63, 3.8) is 0 Å². The zero-order valence-corrected chi connectivity index (χ0v) is 24.5. The fourth-order valence-corrected chi connectivity index (χ4v) is 5.19. The Morgan fingerprint density at radius 3 is 2.39 bits per heavy atom. The van der Waals surface area contributed by atoms with Crippen LogP contribution in [0.1, 0.15) is 11.3 Å². The standard InChI is InChI=1S/C34H28F2N6O4/c1-19-9-10-22(38-29(45)15-23-13-20-5-2-3-6-21(20)16-37-23)14-26(19)31-25-11-12-30(46)42(32-27(35)7-4-8-28(32)36)33(25)41-34(40-31)39-24(17-43)18-44/h2-14,16,24,43-44H,15,17-18H2,1H3,(H,38,45)(H,39,40,41). The van der Waals surface area contributed by atoms with Crippen LogP contribution in [-0.4, -0.2) is 54.9 Å². The summed E-state index contributed by atoms with van der Waals surface area (Å²) in [5, 5.41) is 27.3. The van der Waals surface area contributed by atoms with Crippen LogP contribution in [0.3, 0.4) is 0 Å². The predicted octanol–water partition coefficient (Wildman–Crippen LogP) is 4.53. The van der Waals surface area contributed by atoms with E-state index in [-0.39, 0.29) is 35.0 Å². The molecule has 0 radical (unpaired) electrons. The Balaban J connectivity index is 1.44. The van der Waals surface area contributed by atoms with Crippen molar-refractivity contribution in [2.75, 3.05) is 23.8 Å². The SMILES string of the molecule is Cc1ccc(NC(=O)Cc2cc3ccccc3cn2)cc1-c1nc(NC(CO)CO)nc2c1ccc(=O)n2-c1c(F)cccc1F. The second kappa shape index (κ2) is 12.8. The van der Waals surface area contributed by atoms with Crippen LogP contribution in [0.2, 0.25) is 0 Å². The van der Waals surface area contributed by atoms with Crippen LogP contribution in [0.4, 0.5) is 20.4 Å². The third-order valence-electron chi connectivity index (χ3n) is 7.49. The summed E-state index contributed by atoms with van der Waals surface area (Å²) >= 11 is 0. The summed E-state index contributed by atoms with van der Waals surface area (Å²) in [6.45, 7) is 0.879. The van der Waals surface area contributed by atoms with Gasteiger partial charge in [-0.25, -0.2) is 13.8 Å². The maximum absolute atomic E-state index is 15.0. The number of hydrogen-bond acceptors (Lipinski definition) is 8. The number of aliphatic hydroxyl groups is 2. The molecule has 0 aliphatic carbocycles. The third-order valence-corrected chi connectivity index (χ3v) is 7.49. The Bertz CT molecular complexity index is 2150. The lowest BCUT2D eigenvalue weighted by Gasteiger charge is -2.18. The number of pyridine rings is 2. The highest BCUT2D eigenvalue weighted by atomic mass is 19.1. The van der Waals surface area contributed by atoms with E-state index in [2.05, 4.69) is 25.6 Å². The Morgan fingerprint density at radius 1 is 0.913 bits per heavy atom. The highest BCUT2D eigenvalue weighted by Crippen LogP contribution is 2.33. The Hall–Kier alpha value is -5.59. The number of carbonyl (C=O) groups is 1. The number of hydrogen-bond donors (Lipinski definition) is 4. The van der Waals surface area contributed by atoms with E-state index in [0.717, 1.165) is 39.1 Å². The van der Waals surface area contributed by atoms with Gasteiger partial charge >= 0.3 is 0 Å². The van der Waals surface area contributed by atoms with Gasteiger partial charge < -0.3 is 20.8 Å². The Kier molecular flexibility index (Phi) is 8.47. The van der Waals surface area contributed by atoms with Gasteiger partial charge in [-0.3, -0.25) is 19.1 Å². The van der Waals surface area contributed by atoms with Gasteiger partial charge in [0.15, 0.2) is 5.65 Å². The predicted molar refractivity (Wildman–Crippen MR) is 171 cm³/mol. The number of amides is 1. The molecule has 4 N–H and O–H groups in total. The van der Waals surface area contributed by atoms with E-state index in [1.165, 1.54) is 12.1 Å². The van der Waals surface area contributed by atoms with Crippen molar-refractivity contribution in [3.05, 3.63) is 118 Å². The van der Waals surface area contributed by atoms with Crippen LogP contribution in [0, 0.1) is 18.6 Å². The number of anilines is 2. The van der Waals surface area contributed by atoms with Crippen molar-refractivity contribution in [2.45, 2.75) is 19.4 Å². The summed E-state index contributed by atoms with van der Waals surface area (Å²) < 4.78 is 30.8. The second-order valence-corrected chi connectivity index (χ2v) is 10.7. The molecule has 1 amide bonds. The Morgan fingerprint density at radius 2 is 1.65 bits per heavy atom. The molecule has 3 aromatic heterocycles. The van der Waals surface area contributed by atoms with Crippen molar-refractivity contribution < 1.29 is 23.8 Å². The number of fused-ring (bicyclic) bond motifs is 2. The van der Waals surface area contributed by atoms with Gasteiger partial charge in [-0.1, -0.05) is 36.4 Å². The third kappa shape index (κ3) is 6.03. The minimum absolute atomic E-state index is 0.0305. The number of aryl methyl sites for hydroxylation is 1. The highest BCUT2D eigenvalue weighted by Gasteiger charge is 2.21. The molecule has 0 aliphatic heterocycles. The van der Waals surface area contributed by atoms with Crippen LogP contribution < -0.4 is 16.2 Å². The molecule has 0 spiro atoms. The molecule has 0 saturated heterocycles. The minimum atomic E-state index is -0.977. The van der Waals surface area contributed by atoms with Crippen LogP contribution in [0.25, 0.3) is 38.8 Å². The number of aliphatic hydroxyl groups excluding tert-OH is 2. The van der Waals surface area contributed by atoms with Crippen LogP contribution in [0.5, 0.6) is 0 Å². The molecule has 6 rings (SSSR count). The fourth-order valence-electron chi connectivity index (χ4n) is 5.19. The molecule has 3 aromatic carbocycles. The van der Waals surface area contributed by atoms with Gasteiger partial charge in [-0.15, -0.1) is 0 Å². The van der Waals surface area contributed by atoms with Gasteiger partial charge in [0, 0.05) is 34.3 Å². The summed E-state index contributed by atoms with van der Waals surface area (Å²) in [5.41, 5.74) is 1.11. The van der Waals surface area contributed by atoms with Crippen LogP contribution >= 0.6 is 0 Å². The number of halogens is 2. The molecule has 232 valence electrons. The molecule has 0 fully saturated rings. The van der Waals surface area contributed by atoms with Crippen molar-refractivity contribution in [1.29, 1.82) is 0 Å². The zero-order valence-electron chi connectivity index (χ0n) is 24.5. The molecule has 0 aliphatic rings. The monoisotopic (exact) mass is 622 g/mol. The summed E-state index contributed by atoms with van der Waals surface area (Å²) in [6, 6.07) is 19.8. The lowest BCUT2D eigenvalue weighted by Crippen LogP contribution is -2.29. The highest BCUT2D eigenvalue weighted by molar-refractivity contribution is 5.96. The lowest BCUT2D eigenvalue weighted by molar-refractivity contribution is -0.115. The van der Waals surface area contributed by atoms with Crippen molar-refractivity contribution in [1.82, 2.24) is 19.5 Å². The molecule has 0 saturated carbocycles. The fraction of sp³-hybridized carbons (Fsp3) is 0.147. The number of benzene rings is 3. The zero-order chi connectivity index (χ0) is 32.4. The normalized spacial score (nSPS) is 11.3. The number of nitrogens with one attached hydrogen (secondary N) is 2. The average Bonchev–Trinajstić information content (AvgIpc) is 3.05. The first-order valence-electron chi connectivity index (χ1n) is 14.4. The molecule has 0 bridgehead atoms. The Labute approximate surface area is 261 Å². The van der Waals surface area contributed by atoms with Gasteiger partial charge in [0.1, 0.15) is 17.3 Å².